The minimum absolute atomic E-state index is 0.0662. The molecule has 0 spiro atoms. The molecule has 5 rings (SSSR count). The van der Waals surface area contributed by atoms with Crippen LogP contribution in [0.4, 0.5) is 0 Å². The SMILES string of the molecule is CC(C)=CCc1c2c(c(O)c3c(-c4ccc(OC(=O)c5ccc(Br)cc5)cc4)coc13)C(=O)CC(C(C)(C)O)O2. The summed E-state index contributed by atoms with van der Waals surface area (Å²) in [6.45, 7) is 7.12. The predicted molar refractivity (Wildman–Crippen MR) is 155 cm³/mol. The molecule has 1 atom stereocenters. The number of aromatic hydroxyl groups is 1. The maximum absolute atomic E-state index is 13.3. The molecule has 2 heterocycles. The summed E-state index contributed by atoms with van der Waals surface area (Å²) in [7, 11) is 0. The Morgan fingerprint density at radius 3 is 2.42 bits per heavy atom. The van der Waals surface area contributed by atoms with Gasteiger partial charge >= 0.3 is 5.97 Å². The van der Waals surface area contributed by atoms with Crippen molar-refractivity contribution in [2.75, 3.05) is 0 Å². The van der Waals surface area contributed by atoms with E-state index in [4.69, 9.17) is 13.9 Å². The lowest BCUT2D eigenvalue weighted by atomic mass is 9.87. The zero-order chi connectivity index (χ0) is 28.8. The van der Waals surface area contributed by atoms with Gasteiger partial charge in [0.25, 0.3) is 0 Å². The number of phenols is 1. The predicted octanol–water partition coefficient (Wildman–Crippen LogP) is 7.40. The first-order valence-corrected chi connectivity index (χ1v) is 13.7. The number of carbonyl (C=O) groups excluding carboxylic acids is 2. The smallest absolute Gasteiger partial charge is 0.343 e. The van der Waals surface area contributed by atoms with Crippen LogP contribution in [0.3, 0.4) is 0 Å². The number of hydrogen-bond donors (Lipinski definition) is 2. The number of fused-ring (bicyclic) bond motifs is 2. The van der Waals surface area contributed by atoms with Gasteiger partial charge in [-0.25, -0.2) is 4.79 Å². The van der Waals surface area contributed by atoms with E-state index >= 15 is 0 Å². The highest BCUT2D eigenvalue weighted by atomic mass is 79.9. The molecular formula is C32H29BrO7. The molecule has 3 aromatic carbocycles. The van der Waals surface area contributed by atoms with Gasteiger partial charge in [0.15, 0.2) is 5.78 Å². The van der Waals surface area contributed by atoms with Crippen molar-refractivity contribution in [1.29, 1.82) is 0 Å². The maximum Gasteiger partial charge on any atom is 0.343 e. The molecule has 8 heteroatoms. The Balaban J connectivity index is 1.56. The summed E-state index contributed by atoms with van der Waals surface area (Å²) < 4.78 is 18.5. The Hall–Kier alpha value is -3.88. The molecule has 0 saturated carbocycles. The molecule has 206 valence electrons. The highest BCUT2D eigenvalue weighted by Gasteiger charge is 2.40. The number of carbonyl (C=O) groups is 2. The van der Waals surface area contributed by atoms with E-state index in [2.05, 4.69) is 15.9 Å². The number of hydrogen-bond acceptors (Lipinski definition) is 7. The van der Waals surface area contributed by atoms with E-state index in [1.165, 1.54) is 6.26 Å². The summed E-state index contributed by atoms with van der Waals surface area (Å²) in [4.78, 5) is 25.8. The van der Waals surface area contributed by atoms with E-state index in [-0.39, 0.29) is 29.3 Å². The van der Waals surface area contributed by atoms with Crippen LogP contribution in [0.25, 0.3) is 22.1 Å². The van der Waals surface area contributed by atoms with Gasteiger partial charge in [-0.2, -0.15) is 0 Å². The average Bonchev–Trinajstić information content (AvgIpc) is 3.34. The maximum atomic E-state index is 13.3. The zero-order valence-corrected chi connectivity index (χ0v) is 24.2. The molecule has 0 radical (unpaired) electrons. The van der Waals surface area contributed by atoms with Gasteiger partial charge in [0, 0.05) is 15.6 Å². The molecule has 1 aliphatic rings. The van der Waals surface area contributed by atoms with E-state index in [0.29, 0.717) is 45.4 Å². The number of ketones is 1. The van der Waals surface area contributed by atoms with Crippen LogP contribution in [0.1, 0.15) is 60.4 Å². The van der Waals surface area contributed by atoms with Crippen molar-refractivity contribution in [3.63, 3.8) is 0 Å². The fourth-order valence-electron chi connectivity index (χ4n) is 4.70. The number of rotatable bonds is 6. The number of allylic oxidation sites excluding steroid dienone is 2. The van der Waals surface area contributed by atoms with Gasteiger partial charge in [0.2, 0.25) is 0 Å². The Kier molecular flexibility index (Phi) is 7.33. The van der Waals surface area contributed by atoms with Crippen LogP contribution in [-0.4, -0.2) is 33.7 Å². The Morgan fingerprint density at radius 1 is 1.12 bits per heavy atom. The lowest BCUT2D eigenvalue weighted by Crippen LogP contribution is -2.44. The number of aliphatic hydroxyl groups is 1. The minimum atomic E-state index is -1.26. The minimum Gasteiger partial charge on any atom is -0.506 e. The number of benzene rings is 3. The number of ether oxygens (including phenoxy) is 2. The Morgan fingerprint density at radius 2 is 1.80 bits per heavy atom. The van der Waals surface area contributed by atoms with Gasteiger partial charge in [-0.3, -0.25) is 4.79 Å². The van der Waals surface area contributed by atoms with Gasteiger partial charge in [0.05, 0.1) is 29.2 Å². The molecule has 0 aliphatic carbocycles. The second-order valence-electron chi connectivity index (χ2n) is 10.7. The normalized spacial score (nSPS) is 14.9. The summed E-state index contributed by atoms with van der Waals surface area (Å²) in [5.74, 6) is -0.420. The summed E-state index contributed by atoms with van der Waals surface area (Å²) in [5.41, 5.74) is 2.62. The van der Waals surface area contributed by atoms with Crippen LogP contribution in [-0.2, 0) is 6.42 Å². The highest BCUT2D eigenvalue weighted by Crippen LogP contribution is 2.49. The van der Waals surface area contributed by atoms with E-state index in [9.17, 15) is 19.8 Å². The number of esters is 1. The quantitative estimate of drug-likeness (QED) is 0.134. The van der Waals surface area contributed by atoms with Crippen LogP contribution >= 0.6 is 15.9 Å². The molecule has 7 nitrogen and oxygen atoms in total. The van der Waals surface area contributed by atoms with Crippen molar-refractivity contribution < 1.29 is 33.7 Å². The van der Waals surface area contributed by atoms with E-state index < -0.39 is 17.7 Å². The van der Waals surface area contributed by atoms with Gasteiger partial charge in [0.1, 0.15) is 34.5 Å². The highest BCUT2D eigenvalue weighted by molar-refractivity contribution is 9.10. The zero-order valence-electron chi connectivity index (χ0n) is 22.6. The lowest BCUT2D eigenvalue weighted by molar-refractivity contribution is -0.0384. The lowest BCUT2D eigenvalue weighted by Gasteiger charge is -2.34. The van der Waals surface area contributed by atoms with Crippen molar-refractivity contribution >= 4 is 38.7 Å². The van der Waals surface area contributed by atoms with Crippen molar-refractivity contribution in [3.8, 4) is 28.4 Å². The Bertz CT molecular complexity index is 1630. The van der Waals surface area contributed by atoms with Gasteiger partial charge < -0.3 is 24.1 Å². The van der Waals surface area contributed by atoms with Crippen LogP contribution in [0, 0.1) is 0 Å². The average molecular weight is 605 g/mol. The fraction of sp³-hybridized carbons (Fsp3) is 0.250. The van der Waals surface area contributed by atoms with Gasteiger partial charge in [-0.05, 0) is 76.1 Å². The molecule has 1 aromatic heterocycles. The van der Waals surface area contributed by atoms with Crippen LogP contribution in [0.15, 0.2) is 75.3 Å². The van der Waals surface area contributed by atoms with Crippen LogP contribution < -0.4 is 9.47 Å². The molecule has 0 saturated heterocycles. The third-order valence-electron chi connectivity index (χ3n) is 6.91. The van der Waals surface area contributed by atoms with Gasteiger partial charge in [-0.15, -0.1) is 0 Å². The van der Waals surface area contributed by atoms with E-state index in [0.717, 1.165) is 10.0 Å². The molecular weight excluding hydrogens is 576 g/mol. The number of halogens is 1. The second-order valence-corrected chi connectivity index (χ2v) is 11.6. The molecule has 4 aromatic rings. The van der Waals surface area contributed by atoms with Crippen molar-refractivity contribution in [2.45, 2.75) is 52.2 Å². The van der Waals surface area contributed by atoms with Gasteiger partial charge in [-0.1, -0.05) is 39.7 Å². The second kappa shape index (κ2) is 10.6. The molecule has 0 amide bonds. The molecule has 0 fully saturated rings. The first kappa shape index (κ1) is 27.7. The first-order chi connectivity index (χ1) is 18.9. The molecule has 1 aliphatic heterocycles. The molecule has 2 N–H and O–H groups in total. The van der Waals surface area contributed by atoms with Crippen molar-refractivity contribution in [1.82, 2.24) is 0 Å². The number of Topliss-reactive ketones (excluding diaryl/α,β-unsaturated/α-hetero) is 1. The molecule has 1 unspecified atom stereocenters. The third kappa shape index (κ3) is 5.29. The molecule has 0 bridgehead atoms. The van der Waals surface area contributed by atoms with Crippen molar-refractivity contribution in [3.05, 3.63) is 87.6 Å². The van der Waals surface area contributed by atoms with Crippen LogP contribution in [0.5, 0.6) is 17.2 Å². The Labute approximate surface area is 240 Å². The standard InChI is InChI=1S/C32H29BrO7/c1-17(2)5-14-22-29-26(28(35)27-24(34)15-25(32(3,4)37)40-30(22)27)23(16-38-29)18-8-12-21(13-9-18)39-31(36)19-6-10-20(33)11-7-19/h5-13,16,25,35,37H,14-15H2,1-4H3. The number of furan rings is 1. The van der Waals surface area contributed by atoms with Crippen LogP contribution in [0.2, 0.25) is 0 Å². The monoisotopic (exact) mass is 604 g/mol. The van der Waals surface area contributed by atoms with E-state index in [1.807, 2.05) is 19.9 Å². The third-order valence-corrected chi connectivity index (χ3v) is 7.44. The summed E-state index contributed by atoms with van der Waals surface area (Å²) in [6, 6.07) is 13.7. The van der Waals surface area contributed by atoms with Crippen molar-refractivity contribution in [2.24, 2.45) is 0 Å². The first-order valence-electron chi connectivity index (χ1n) is 12.9. The number of phenolic OH excluding ortho intramolecular Hbond substituents is 1. The molecule has 40 heavy (non-hydrogen) atoms. The largest absolute Gasteiger partial charge is 0.506 e. The fourth-order valence-corrected chi connectivity index (χ4v) is 4.96. The summed E-state index contributed by atoms with van der Waals surface area (Å²) in [5, 5.41) is 22.4. The van der Waals surface area contributed by atoms with E-state index in [1.54, 1.807) is 62.4 Å². The summed E-state index contributed by atoms with van der Waals surface area (Å²) in [6.07, 6.45) is 3.10. The topological polar surface area (TPSA) is 106 Å². The summed E-state index contributed by atoms with van der Waals surface area (Å²) >= 11 is 3.35.